The van der Waals surface area contributed by atoms with Crippen molar-refractivity contribution < 1.29 is 0 Å². The van der Waals surface area contributed by atoms with Crippen LogP contribution in [0.3, 0.4) is 0 Å². The molecule has 0 atom stereocenters. The molecule has 0 amide bonds. The van der Waals surface area contributed by atoms with Gasteiger partial charge in [0.05, 0.1) is 23.1 Å². The third kappa shape index (κ3) is 2.94. The van der Waals surface area contributed by atoms with Crippen LogP contribution in [0.25, 0.3) is 0 Å². The summed E-state index contributed by atoms with van der Waals surface area (Å²) in [5.41, 5.74) is 2.34. The summed E-state index contributed by atoms with van der Waals surface area (Å²) in [5.74, 6) is 0. The molecule has 1 aromatic carbocycles. The summed E-state index contributed by atoms with van der Waals surface area (Å²) in [6.07, 6.45) is 1.71. The monoisotopic (exact) mass is 373 g/mol. The van der Waals surface area contributed by atoms with E-state index in [-0.39, 0.29) is 5.56 Å². The average Bonchev–Trinajstić information content (AvgIpc) is 2.60. The van der Waals surface area contributed by atoms with Crippen molar-refractivity contribution in [1.29, 1.82) is 5.26 Å². The van der Waals surface area contributed by atoms with Crippen LogP contribution >= 0.6 is 15.9 Å². The van der Waals surface area contributed by atoms with Gasteiger partial charge in [-0.25, -0.2) is 4.68 Å². The van der Waals surface area contributed by atoms with Gasteiger partial charge >= 0.3 is 0 Å². The lowest BCUT2D eigenvalue weighted by Crippen LogP contribution is -2.47. The Kier molecular flexibility index (Phi) is 4.35. The molecule has 3 rings (SSSR count). The first-order valence-electron chi connectivity index (χ1n) is 7.32. The van der Waals surface area contributed by atoms with E-state index in [1.54, 1.807) is 13.2 Å². The summed E-state index contributed by atoms with van der Waals surface area (Å²) in [5, 5.41) is 13.3. The first-order chi connectivity index (χ1) is 11.1. The molecule has 7 heteroatoms. The van der Waals surface area contributed by atoms with E-state index in [4.69, 9.17) is 0 Å². The molecule has 1 saturated heterocycles. The number of hydrogen-bond donors (Lipinski definition) is 0. The van der Waals surface area contributed by atoms with Gasteiger partial charge in [-0.3, -0.25) is 4.79 Å². The molecule has 0 N–H and O–H groups in total. The van der Waals surface area contributed by atoms with Gasteiger partial charge in [0.25, 0.3) is 5.56 Å². The summed E-state index contributed by atoms with van der Waals surface area (Å²) >= 11 is 3.38. The van der Waals surface area contributed by atoms with Gasteiger partial charge in [0.2, 0.25) is 0 Å². The number of aromatic nitrogens is 2. The minimum atomic E-state index is -0.139. The zero-order valence-electron chi connectivity index (χ0n) is 12.7. The molecule has 0 aliphatic carbocycles. The van der Waals surface area contributed by atoms with Gasteiger partial charge in [-0.1, -0.05) is 12.1 Å². The van der Waals surface area contributed by atoms with Crippen LogP contribution < -0.4 is 15.4 Å². The molecule has 2 aromatic rings. The molecule has 6 nitrogen and oxygen atoms in total. The second-order valence-corrected chi connectivity index (χ2v) is 6.17. The van der Waals surface area contributed by atoms with E-state index in [1.807, 2.05) is 24.3 Å². The van der Waals surface area contributed by atoms with Crippen LogP contribution in [0, 0.1) is 11.3 Å². The van der Waals surface area contributed by atoms with Crippen molar-refractivity contribution in [3.63, 3.8) is 0 Å². The van der Waals surface area contributed by atoms with E-state index in [2.05, 4.69) is 36.9 Å². The zero-order chi connectivity index (χ0) is 16.4. The smallest absolute Gasteiger partial charge is 0.282 e. The maximum Gasteiger partial charge on any atom is 0.282 e. The van der Waals surface area contributed by atoms with Crippen LogP contribution in [0.1, 0.15) is 5.56 Å². The van der Waals surface area contributed by atoms with E-state index in [0.717, 1.165) is 37.6 Å². The number of anilines is 2. The van der Waals surface area contributed by atoms with Crippen molar-refractivity contribution in [3.8, 4) is 6.07 Å². The maximum absolute atomic E-state index is 12.0. The predicted octanol–water partition coefficient (Wildman–Crippen LogP) is 1.74. The number of aryl methyl sites for hydroxylation is 1. The number of nitriles is 1. The Morgan fingerprint density at radius 3 is 2.39 bits per heavy atom. The summed E-state index contributed by atoms with van der Waals surface area (Å²) in [6, 6.07) is 9.88. The molecule has 1 aliphatic heterocycles. The van der Waals surface area contributed by atoms with E-state index >= 15 is 0 Å². The van der Waals surface area contributed by atoms with Crippen LogP contribution in [-0.2, 0) is 7.05 Å². The van der Waals surface area contributed by atoms with Crippen molar-refractivity contribution in [1.82, 2.24) is 9.78 Å². The first-order valence-corrected chi connectivity index (χ1v) is 8.12. The highest BCUT2D eigenvalue weighted by molar-refractivity contribution is 9.10. The van der Waals surface area contributed by atoms with E-state index in [1.165, 1.54) is 4.68 Å². The lowest BCUT2D eigenvalue weighted by Gasteiger charge is -2.37. The third-order valence-corrected chi connectivity index (χ3v) is 4.79. The summed E-state index contributed by atoms with van der Waals surface area (Å²) in [6.45, 7) is 3.13. The predicted molar refractivity (Wildman–Crippen MR) is 92.8 cm³/mol. The van der Waals surface area contributed by atoms with E-state index in [9.17, 15) is 10.1 Å². The molecule has 0 unspecified atom stereocenters. The molecule has 23 heavy (non-hydrogen) atoms. The fourth-order valence-electron chi connectivity index (χ4n) is 2.75. The largest absolute Gasteiger partial charge is 0.367 e. The van der Waals surface area contributed by atoms with Crippen LogP contribution in [0.5, 0.6) is 0 Å². The molecule has 1 aliphatic rings. The quantitative estimate of drug-likeness (QED) is 0.801. The molecule has 0 spiro atoms. The molecular formula is C16H16BrN5O. The number of rotatable bonds is 2. The molecule has 1 aromatic heterocycles. The van der Waals surface area contributed by atoms with Gasteiger partial charge in [-0.2, -0.15) is 10.4 Å². The Hall–Kier alpha value is -2.33. The van der Waals surface area contributed by atoms with E-state index in [0.29, 0.717) is 10.0 Å². The lowest BCUT2D eigenvalue weighted by molar-refractivity contribution is 0.640. The van der Waals surface area contributed by atoms with Crippen molar-refractivity contribution in [2.75, 3.05) is 36.0 Å². The van der Waals surface area contributed by atoms with Crippen molar-refractivity contribution in [2.24, 2.45) is 7.05 Å². The highest BCUT2D eigenvalue weighted by Gasteiger charge is 2.22. The number of piperazine rings is 1. The van der Waals surface area contributed by atoms with Gasteiger partial charge < -0.3 is 9.80 Å². The standard InChI is InChI=1S/C16H16BrN5O/c1-20-16(23)15(17)14(11-19-20)22-8-6-21(7-9-22)13-5-3-2-4-12(13)10-18/h2-5,11H,6-9H2,1H3. The van der Waals surface area contributed by atoms with Gasteiger partial charge in [0, 0.05) is 33.2 Å². The topological polar surface area (TPSA) is 65.2 Å². The van der Waals surface area contributed by atoms with Crippen LogP contribution in [0.15, 0.2) is 39.7 Å². The zero-order valence-corrected chi connectivity index (χ0v) is 14.3. The molecule has 0 bridgehead atoms. The Balaban J connectivity index is 1.78. The fourth-order valence-corrected chi connectivity index (χ4v) is 3.36. The van der Waals surface area contributed by atoms with Gasteiger partial charge in [-0.15, -0.1) is 0 Å². The number of para-hydroxylation sites is 1. The highest BCUT2D eigenvalue weighted by atomic mass is 79.9. The minimum absolute atomic E-state index is 0.139. The van der Waals surface area contributed by atoms with E-state index < -0.39 is 0 Å². The van der Waals surface area contributed by atoms with Crippen molar-refractivity contribution in [3.05, 3.63) is 50.9 Å². The minimum Gasteiger partial charge on any atom is -0.367 e. The summed E-state index contributed by atoms with van der Waals surface area (Å²) < 4.78 is 1.85. The maximum atomic E-state index is 12.0. The molecule has 1 fully saturated rings. The second-order valence-electron chi connectivity index (χ2n) is 5.38. The Morgan fingerprint density at radius 1 is 1.13 bits per heavy atom. The number of nitrogens with zero attached hydrogens (tertiary/aromatic N) is 5. The normalized spacial score (nSPS) is 14.7. The Morgan fingerprint density at radius 2 is 1.74 bits per heavy atom. The number of benzene rings is 1. The molecule has 0 saturated carbocycles. The summed E-state index contributed by atoms with van der Waals surface area (Å²) in [7, 11) is 1.63. The highest BCUT2D eigenvalue weighted by Crippen LogP contribution is 2.25. The molecule has 0 radical (unpaired) electrons. The summed E-state index contributed by atoms with van der Waals surface area (Å²) in [4.78, 5) is 16.3. The van der Waals surface area contributed by atoms with Crippen LogP contribution in [0.4, 0.5) is 11.4 Å². The SMILES string of the molecule is Cn1ncc(N2CCN(c3ccccc3C#N)CC2)c(Br)c1=O. The van der Waals surface area contributed by atoms with Gasteiger partial charge in [0.15, 0.2) is 0 Å². The first kappa shape index (κ1) is 15.6. The molecule has 2 heterocycles. The number of halogens is 1. The lowest BCUT2D eigenvalue weighted by atomic mass is 10.1. The average molecular weight is 374 g/mol. The Labute approximate surface area is 142 Å². The van der Waals surface area contributed by atoms with Gasteiger partial charge in [-0.05, 0) is 28.1 Å². The fraction of sp³-hybridized carbons (Fsp3) is 0.312. The third-order valence-electron chi connectivity index (χ3n) is 4.05. The molecule has 118 valence electrons. The molecular weight excluding hydrogens is 358 g/mol. The van der Waals surface area contributed by atoms with Crippen molar-refractivity contribution >= 4 is 27.3 Å². The van der Waals surface area contributed by atoms with Crippen LogP contribution in [0.2, 0.25) is 0 Å². The number of hydrogen-bond acceptors (Lipinski definition) is 5. The Bertz CT molecular complexity index is 818. The second kappa shape index (κ2) is 6.42. The van der Waals surface area contributed by atoms with Crippen molar-refractivity contribution in [2.45, 2.75) is 0 Å². The van der Waals surface area contributed by atoms with Gasteiger partial charge in [0.1, 0.15) is 10.5 Å². The van der Waals surface area contributed by atoms with Crippen LogP contribution in [-0.4, -0.2) is 36.0 Å².